The third kappa shape index (κ3) is 2.15. The molecule has 0 saturated heterocycles. The first-order chi connectivity index (χ1) is 7.27. The highest BCUT2D eigenvalue weighted by atomic mass is 15.3. The van der Waals surface area contributed by atoms with E-state index >= 15 is 0 Å². The Kier molecular flexibility index (Phi) is 2.67. The quantitative estimate of drug-likeness (QED) is 0.827. The second-order valence-corrected chi connectivity index (χ2v) is 3.46. The number of anilines is 1. The van der Waals surface area contributed by atoms with Gasteiger partial charge in [0, 0.05) is 19.3 Å². The van der Waals surface area contributed by atoms with Crippen molar-refractivity contribution in [2.45, 2.75) is 13.0 Å². The third-order valence-corrected chi connectivity index (χ3v) is 2.32. The molecule has 2 rings (SSSR count). The number of aryl methyl sites for hydroxylation is 1. The minimum absolute atomic E-state index is 0.182. The zero-order valence-corrected chi connectivity index (χ0v) is 8.88. The van der Waals surface area contributed by atoms with Gasteiger partial charge in [-0.3, -0.25) is 9.67 Å². The molecular weight excluding hydrogens is 188 g/mol. The Morgan fingerprint density at radius 3 is 2.73 bits per heavy atom. The Morgan fingerprint density at radius 1 is 1.27 bits per heavy atom. The van der Waals surface area contributed by atoms with E-state index in [9.17, 15) is 0 Å². The number of hydrogen-bond acceptors (Lipinski definition) is 3. The van der Waals surface area contributed by atoms with E-state index in [1.165, 1.54) is 0 Å². The number of nitrogens with zero attached hydrogens (tertiary/aromatic N) is 3. The molecule has 2 heterocycles. The summed E-state index contributed by atoms with van der Waals surface area (Å²) in [5, 5.41) is 7.44. The summed E-state index contributed by atoms with van der Waals surface area (Å²) in [6.45, 7) is 2.08. The summed E-state index contributed by atoms with van der Waals surface area (Å²) in [5.41, 5.74) is 1.03. The van der Waals surface area contributed by atoms with Crippen molar-refractivity contribution in [2.75, 3.05) is 5.32 Å². The predicted octanol–water partition coefficient (Wildman–Crippen LogP) is 1.99. The van der Waals surface area contributed by atoms with E-state index in [1.54, 1.807) is 17.1 Å². The minimum Gasteiger partial charge on any atom is -0.362 e. The van der Waals surface area contributed by atoms with Gasteiger partial charge in [0.15, 0.2) is 0 Å². The lowest BCUT2D eigenvalue weighted by Crippen LogP contribution is -2.11. The Morgan fingerprint density at radius 2 is 2.13 bits per heavy atom. The van der Waals surface area contributed by atoms with E-state index in [-0.39, 0.29) is 6.04 Å². The Bertz CT molecular complexity index is 421. The molecule has 0 amide bonds. The maximum absolute atomic E-state index is 4.30. The largest absolute Gasteiger partial charge is 0.362 e. The average Bonchev–Trinajstić information content (AvgIpc) is 2.66. The highest BCUT2D eigenvalue weighted by Gasteiger charge is 2.07. The van der Waals surface area contributed by atoms with Gasteiger partial charge in [-0.15, -0.1) is 0 Å². The minimum atomic E-state index is 0.182. The van der Waals surface area contributed by atoms with Crippen LogP contribution in [0.5, 0.6) is 0 Å². The van der Waals surface area contributed by atoms with Crippen molar-refractivity contribution in [3.63, 3.8) is 0 Å². The van der Waals surface area contributed by atoms with Gasteiger partial charge in [0.1, 0.15) is 5.82 Å². The summed E-state index contributed by atoms with van der Waals surface area (Å²) in [7, 11) is 1.91. The van der Waals surface area contributed by atoms with Crippen molar-refractivity contribution in [1.29, 1.82) is 0 Å². The van der Waals surface area contributed by atoms with Crippen LogP contribution in [0.25, 0.3) is 0 Å². The van der Waals surface area contributed by atoms with Gasteiger partial charge < -0.3 is 5.32 Å². The van der Waals surface area contributed by atoms with Crippen molar-refractivity contribution in [3.05, 3.63) is 42.4 Å². The molecule has 0 radical (unpaired) electrons. The SMILES string of the molecule is CC(Nc1ccnn1C)c1ccccn1. The Labute approximate surface area is 89.0 Å². The molecule has 1 N–H and O–H groups in total. The van der Waals surface area contributed by atoms with Crippen molar-refractivity contribution in [3.8, 4) is 0 Å². The van der Waals surface area contributed by atoms with Crippen LogP contribution in [0.3, 0.4) is 0 Å². The Balaban J connectivity index is 2.11. The predicted molar refractivity (Wildman–Crippen MR) is 59.5 cm³/mol. The van der Waals surface area contributed by atoms with Crippen LogP contribution < -0.4 is 5.32 Å². The van der Waals surface area contributed by atoms with Gasteiger partial charge >= 0.3 is 0 Å². The molecule has 0 aliphatic heterocycles. The summed E-state index contributed by atoms with van der Waals surface area (Å²) in [4.78, 5) is 4.30. The molecule has 1 unspecified atom stereocenters. The average molecular weight is 202 g/mol. The van der Waals surface area contributed by atoms with E-state index < -0.39 is 0 Å². The molecule has 2 aromatic rings. The molecule has 0 aromatic carbocycles. The van der Waals surface area contributed by atoms with Crippen molar-refractivity contribution >= 4 is 5.82 Å². The van der Waals surface area contributed by atoms with Crippen LogP contribution in [0.15, 0.2) is 36.7 Å². The molecule has 1 atom stereocenters. The molecule has 0 saturated carbocycles. The van der Waals surface area contributed by atoms with Crippen molar-refractivity contribution < 1.29 is 0 Å². The van der Waals surface area contributed by atoms with Gasteiger partial charge in [-0.25, -0.2) is 0 Å². The fourth-order valence-electron chi connectivity index (χ4n) is 1.44. The molecule has 15 heavy (non-hydrogen) atoms. The van der Waals surface area contributed by atoms with Crippen LogP contribution in [0.2, 0.25) is 0 Å². The van der Waals surface area contributed by atoms with E-state index in [0.717, 1.165) is 11.5 Å². The molecular formula is C11H14N4. The normalized spacial score (nSPS) is 12.4. The van der Waals surface area contributed by atoms with Gasteiger partial charge in [-0.1, -0.05) is 6.07 Å². The fourth-order valence-corrected chi connectivity index (χ4v) is 1.44. The van der Waals surface area contributed by atoms with Crippen LogP contribution in [-0.4, -0.2) is 14.8 Å². The van der Waals surface area contributed by atoms with Crippen molar-refractivity contribution in [1.82, 2.24) is 14.8 Å². The molecule has 0 spiro atoms. The smallest absolute Gasteiger partial charge is 0.124 e. The van der Waals surface area contributed by atoms with Gasteiger partial charge in [-0.2, -0.15) is 5.10 Å². The molecule has 4 nitrogen and oxygen atoms in total. The topological polar surface area (TPSA) is 42.7 Å². The number of nitrogens with one attached hydrogen (secondary N) is 1. The van der Waals surface area contributed by atoms with Crippen LogP contribution in [0.4, 0.5) is 5.82 Å². The lowest BCUT2D eigenvalue weighted by atomic mass is 10.2. The van der Waals surface area contributed by atoms with Gasteiger partial charge in [0.2, 0.25) is 0 Å². The fraction of sp³-hybridized carbons (Fsp3) is 0.273. The molecule has 0 fully saturated rings. The van der Waals surface area contributed by atoms with Crippen LogP contribution in [0, 0.1) is 0 Å². The first kappa shape index (κ1) is 9.71. The van der Waals surface area contributed by atoms with E-state index in [2.05, 4.69) is 22.3 Å². The summed E-state index contributed by atoms with van der Waals surface area (Å²) in [6, 6.07) is 8.04. The second-order valence-electron chi connectivity index (χ2n) is 3.46. The zero-order chi connectivity index (χ0) is 10.7. The van der Waals surface area contributed by atoms with E-state index in [1.807, 2.05) is 31.3 Å². The standard InChI is InChI=1S/C11H14N4/c1-9(10-5-3-4-7-12-10)14-11-6-8-13-15(11)2/h3-9,14H,1-2H3. The Hall–Kier alpha value is -1.84. The number of pyridine rings is 1. The highest BCUT2D eigenvalue weighted by molar-refractivity contribution is 5.36. The van der Waals surface area contributed by atoms with Crippen LogP contribution in [-0.2, 0) is 7.05 Å². The lowest BCUT2D eigenvalue weighted by molar-refractivity contribution is 0.743. The van der Waals surface area contributed by atoms with E-state index in [4.69, 9.17) is 0 Å². The maximum atomic E-state index is 4.30. The summed E-state index contributed by atoms with van der Waals surface area (Å²) < 4.78 is 1.80. The maximum Gasteiger partial charge on any atom is 0.124 e. The molecule has 2 aromatic heterocycles. The van der Waals surface area contributed by atoms with E-state index in [0.29, 0.717) is 0 Å². The molecule has 4 heteroatoms. The van der Waals surface area contributed by atoms with Crippen LogP contribution >= 0.6 is 0 Å². The third-order valence-electron chi connectivity index (χ3n) is 2.32. The summed E-state index contributed by atoms with van der Waals surface area (Å²) in [5.74, 6) is 0.994. The van der Waals surface area contributed by atoms with Crippen molar-refractivity contribution in [2.24, 2.45) is 7.05 Å². The number of rotatable bonds is 3. The number of aromatic nitrogens is 3. The first-order valence-electron chi connectivity index (χ1n) is 4.93. The molecule has 78 valence electrons. The monoisotopic (exact) mass is 202 g/mol. The van der Waals surface area contributed by atoms with Gasteiger partial charge in [0.25, 0.3) is 0 Å². The molecule has 0 aliphatic rings. The lowest BCUT2D eigenvalue weighted by Gasteiger charge is -2.14. The summed E-state index contributed by atoms with van der Waals surface area (Å²) in [6.07, 6.45) is 3.57. The zero-order valence-electron chi connectivity index (χ0n) is 8.88. The van der Waals surface area contributed by atoms with Crippen LogP contribution in [0.1, 0.15) is 18.7 Å². The second kappa shape index (κ2) is 4.13. The highest BCUT2D eigenvalue weighted by Crippen LogP contribution is 2.15. The molecule has 0 aliphatic carbocycles. The van der Waals surface area contributed by atoms with Gasteiger partial charge in [0.05, 0.1) is 17.9 Å². The summed E-state index contributed by atoms with van der Waals surface area (Å²) >= 11 is 0. The molecule has 0 bridgehead atoms. The number of hydrogen-bond donors (Lipinski definition) is 1. The van der Waals surface area contributed by atoms with Gasteiger partial charge in [-0.05, 0) is 19.1 Å². The first-order valence-corrected chi connectivity index (χ1v) is 4.93.